The predicted molar refractivity (Wildman–Crippen MR) is 125 cm³/mol. The van der Waals surface area contributed by atoms with Crippen LogP contribution in [0.2, 0.25) is 0 Å². The number of carbonyl (C=O) groups is 1. The molecule has 0 unspecified atom stereocenters. The van der Waals surface area contributed by atoms with Gasteiger partial charge in [-0.1, -0.05) is 0 Å². The molecule has 0 aromatic heterocycles. The van der Waals surface area contributed by atoms with Gasteiger partial charge in [-0.3, -0.25) is 4.79 Å². The van der Waals surface area contributed by atoms with E-state index in [0.29, 0.717) is 50.8 Å². The smallest absolute Gasteiger partial charge is 0.378 e. The number of anilines is 2. The summed E-state index contributed by atoms with van der Waals surface area (Å²) >= 11 is 0. The lowest BCUT2D eigenvalue weighted by Crippen LogP contribution is -2.49. The van der Waals surface area contributed by atoms with Crippen molar-refractivity contribution in [1.82, 2.24) is 9.62 Å². The molecule has 0 bridgehead atoms. The van der Waals surface area contributed by atoms with Crippen molar-refractivity contribution in [2.75, 3.05) is 69.3 Å². The largest absolute Gasteiger partial charge is 0.416 e. The van der Waals surface area contributed by atoms with E-state index in [2.05, 4.69) is 4.72 Å². The highest BCUT2D eigenvalue weighted by molar-refractivity contribution is 7.89. The zero-order valence-electron chi connectivity index (χ0n) is 19.5. The Morgan fingerprint density at radius 3 is 2.08 bits per heavy atom. The number of hydrogen-bond donors (Lipinski definition) is 1. The van der Waals surface area contributed by atoms with Gasteiger partial charge in [-0.15, -0.1) is 0 Å². The van der Waals surface area contributed by atoms with Crippen LogP contribution in [0.3, 0.4) is 0 Å². The Morgan fingerprint density at radius 1 is 0.917 bits per heavy atom. The Kier molecular flexibility index (Phi) is 7.43. The number of piperazine rings is 1. The number of halogens is 4. The number of morpholine rings is 1. The Hall–Kier alpha value is -2.90. The van der Waals surface area contributed by atoms with E-state index in [-0.39, 0.29) is 18.7 Å². The number of rotatable bonds is 5. The van der Waals surface area contributed by atoms with Crippen LogP contribution in [-0.2, 0) is 20.9 Å². The monoisotopic (exact) mass is 530 g/mol. The third-order valence-corrected chi connectivity index (χ3v) is 7.77. The maximum absolute atomic E-state index is 15.6. The topological polar surface area (TPSA) is 82.2 Å². The van der Waals surface area contributed by atoms with Crippen LogP contribution in [0.1, 0.15) is 15.9 Å². The number of amides is 1. The number of sulfonamides is 1. The molecule has 0 spiro atoms. The van der Waals surface area contributed by atoms with Gasteiger partial charge in [0.1, 0.15) is 4.90 Å². The summed E-state index contributed by atoms with van der Waals surface area (Å²) in [7, 11) is -2.99. The molecule has 2 aliphatic rings. The molecule has 2 aliphatic heterocycles. The molecule has 36 heavy (non-hydrogen) atoms. The second-order valence-corrected chi connectivity index (χ2v) is 10.3. The molecule has 0 atom stereocenters. The third kappa shape index (κ3) is 5.27. The lowest BCUT2D eigenvalue weighted by atomic mass is 10.1. The average Bonchev–Trinajstić information content (AvgIpc) is 2.88. The molecule has 1 N–H and O–H groups in total. The van der Waals surface area contributed by atoms with E-state index >= 15 is 4.39 Å². The summed E-state index contributed by atoms with van der Waals surface area (Å²) in [6.07, 6.45) is -4.43. The second kappa shape index (κ2) is 10.2. The van der Waals surface area contributed by atoms with Crippen LogP contribution in [0.5, 0.6) is 0 Å². The Morgan fingerprint density at radius 2 is 1.53 bits per heavy atom. The second-order valence-electron chi connectivity index (χ2n) is 8.40. The molecule has 0 aliphatic carbocycles. The van der Waals surface area contributed by atoms with E-state index in [4.69, 9.17) is 4.74 Å². The van der Waals surface area contributed by atoms with Crippen molar-refractivity contribution < 1.29 is 35.5 Å². The maximum Gasteiger partial charge on any atom is 0.416 e. The minimum absolute atomic E-state index is 0.185. The van der Waals surface area contributed by atoms with Gasteiger partial charge < -0.3 is 19.4 Å². The first-order valence-corrected chi connectivity index (χ1v) is 12.8. The average molecular weight is 531 g/mol. The molecule has 0 saturated carbocycles. The Balaban J connectivity index is 1.58. The first-order chi connectivity index (χ1) is 17.0. The first-order valence-electron chi connectivity index (χ1n) is 11.3. The summed E-state index contributed by atoms with van der Waals surface area (Å²) in [6, 6.07) is 7.34. The van der Waals surface area contributed by atoms with Gasteiger partial charge >= 0.3 is 6.18 Å². The van der Waals surface area contributed by atoms with E-state index in [1.807, 2.05) is 4.90 Å². The van der Waals surface area contributed by atoms with E-state index in [1.165, 1.54) is 23.1 Å². The van der Waals surface area contributed by atoms with E-state index < -0.39 is 38.4 Å². The van der Waals surface area contributed by atoms with E-state index in [0.717, 1.165) is 25.2 Å². The number of hydrogen-bond acceptors (Lipinski definition) is 6. The summed E-state index contributed by atoms with van der Waals surface area (Å²) in [5.74, 6) is -1.77. The molecule has 2 heterocycles. The molecule has 13 heteroatoms. The zero-order chi connectivity index (χ0) is 26.1. The molecule has 196 valence electrons. The van der Waals surface area contributed by atoms with Crippen molar-refractivity contribution in [2.24, 2.45) is 0 Å². The lowest BCUT2D eigenvalue weighted by molar-refractivity contribution is -0.137. The molecule has 1 amide bonds. The Labute approximate surface area is 206 Å². The van der Waals surface area contributed by atoms with Crippen molar-refractivity contribution in [1.29, 1.82) is 0 Å². The normalized spacial score (nSPS) is 17.4. The quantitative estimate of drug-likeness (QED) is 0.599. The molecule has 2 saturated heterocycles. The van der Waals surface area contributed by atoms with E-state index in [1.54, 1.807) is 4.90 Å². The van der Waals surface area contributed by atoms with Crippen molar-refractivity contribution in [3.63, 3.8) is 0 Å². The number of benzene rings is 2. The number of nitrogens with one attached hydrogen (secondary N) is 1. The highest BCUT2D eigenvalue weighted by atomic mass is 32.2. The van der Waals surface area contributed by atoms with Gasteiger partial charge in [-0.05, 0) is 43.4 Å². The van der Waals surface area contributed by atoms with Crippen molar-refractivity contribution in [3.05, 3.63) is 53.3 Å². The van der Waals surface area contributed by atoms with Crippen LogP contribution in [-0.4, -0.2) is 78.8 Å². The molecule has 4 rings (SSSR count). The summed E-state index contributed by atoms with van der Waals surface area (Å²) in [5.41, 5.74) is -0.197. The number of ether oxygens (including phenoxy) is 1. The third-order valence-electron chi connectivity index (χ3n) is 6.34. The van der Waals surface area contributed by atoms with E-state index in [9.17, 15) is 26.4 Å². The maximum atomic E-state index is 15.6. The van der Waals surface area contributed by atoms with Crippen molar-refractivity contribution >= 4 is 27.3 Å². The summed E-state index contributed by atoms with van der Waals surface area (Å²) in [6.45, 7) is 2.62. The van der Waals surface area contributed by atoms with Gasteiger partial charge in [0.25, 0.3) is 5.91 Å². The highest BCUT2D eigenvalue weighted by Crippen LogP contribution is 2.32. The minimum Gasteiger partial charge on any atom is -0.378 e. The fraction of sp³-hybridized carbons (Fsp3) is 0.435. The SMILES string of the molecule is CNS(=O)(=O)c1ccc(N2CCOCC2)c(C(=O)N2CCN(c3ccc(C(F)(F)F)cc3)CC2)c1F. The van der Waals surface area contributed by atoms with Crippen molar-refractivity contribution in [3.8, 4) is 0 Å². The molecule has 0 radical (unpaired) electrons. The fourth-order valence-electron chi connectivity index (χ4n) is 4.32. The lowest BCUT2D eigenvalue weighted by Gasteiger charge is -2.37. The van der Waals surface area contributed by atoms with Gasteiger partial charge in [-0.25, -0.2) is 17.5 Å². The van der Waals surface area contributed by atoms with Gasteiger partial charge in [0.05, 0.1) is 30.0 Å². The number of alkyl halides is 3. The van der Waals surface area contributed by atoms with Gasteiger partial charge in [0.2, 0.25) is 10.0 Å². The predicted octanol–water partition coefficient (Wildman–Crippen LogP) is 2.55. The van der Waals surface area contributed by atoms with Crippen LogP contribution >= 0.6 is 0 Å². The summed E-state index contributed by atoms with van der Waals surface area (Å²) in [5, 5.41) is 0. The zero-order valence-corrected chi connectivity index (χ0v) is 20.3. The molecular formula is C23H26F4N4O4S. The standard InChI is InChI=1S/C23H26F4N4O4S/c1-28-36(33,34)19-7-6-18(30-12-14-35-15-13-30)20(21(19)24)22(32)31-10-8-29(9-11-31)17-4-2-16(3-5-17)23(25,26)27/h2-7,28H,8-15H2,1H3. The van der Waals surface area contributed by atoms with Crippen LogP contribution in [0.15, 0.2) is 41.3 Å². The molecule has 2 aromatic carbocycles. The van der Waals surface area contributed by atoms with Gasteiger partial charge in [0.15, 0.2) is 5.82 Å². The van der Waals surface area contributed by atoms with Crippen LogP contribution in [0.25, 0.3) is 0 Å². The molecular weight excluding hydrogens is 504 g/mol. The number of carbonyl (C=O) groups excluding carboxylic acids is 1. The molecule has 2 fully saturated rings. The van der Waals surface area contributed by atoms with Crippen LogP contribution < -0.4 is 14.5 Å². The number of nitrogens with zero attached hydrogens (tertiary/aromatic N) is 3. The summed E-state index contributed by atoms with van der Waals surface area (Å²) in [4.78, 5) is 18.0. The minimum atomic E-state index is -4.43. The Bertz CT molecular complexity index is 1210. The van der Waals surface area contributed by atoms with Crippen LogP contribution in [0, 0.1) is 5.82 Å². The van der Waals surface area contributed by atoms with Crippen molar-refractivity contribution in [2.45, 2.75) is 11.1 Å². The van der Waals surface area contributed by atoms with Gasteiger partial charge in [-0.2, -0.15) is 13.2 Å². The van der Waals surface area contributed by atoms with Gasteiger partial charge in [0, 0.05) is 45.0 Å². The van der Waals surface area contributed by atoms with Crippen LogP contribution in [0.4, 0.5) is 28.9 Å². The molecule has 8 nitrogen and oxygen atoms in total. The fourth-order valence-corrected chi connectivity index (χ4v) is 5.13. The highest BCUT2D eigenvalue weighted by Gasteiger charge is 2.33. The summed E-state index contributed by atoms with van der Waals surface area (Å²) < 4.78 is 86.3. The first kappa shape index (κ1) is 26.2. The molecule has 2 aromatic rings.